The van der Waals surface area contributed by atoms with Gasteiger partial charge in [0, 0.05) is 19.7 Å². The van der Waals surface area contributed by atoms with Crippen LogP contribution in [0, 0.1) is 11.6 Å². The lowest BCUT2D eigenvalue weighted by Gasteiger charge is -2.30. The highest BCUT2D eigenvalue weighted by Gasteiger charge is 2.63. The Morgan fingerprint density at radius 1 is 1.23 bits per heavy atom. The number of hydrogen-bond acceptors (Lipinski definition) is 5. The number of methoxy groups -OCH3 is 2. The van der Waals surface area contributed by atoms with Crippen LogP contribution in [0.2, 0.25) is 0 Å². The van der Waals surface area contributed by atoms with E-state index in [1.54, 1.807) is 0 Å². The smallest absolute Gasteiger partial charge is 0.419 e. The van der Waals surface area contributed by atoms with Crippen molar-refractivity contribution >= 4 is 11.6 Å². The zero-order chi connectivity index (χ0) is 23.0. The average Bonchev–Trinajstić information content (AvgIpc) is 3.13. The molecule has 31 heavy (non-hydrogen) atoms. The van der Waals surface area contributed by atoms with Gasteiger partial charge in [-0.2, -0.15) is 27.3 Å². The number of halogens is 5. The first kappa shape index (κ1) is 22.5. The van der Waals surface area contributed by atoms with Crippen LogP contribution in [0.1, 0.15) is 6.42 Å². The summed E-state index contributed by atoms with van der Waals surface area (Å²) >= 11 is 0. The molecule has 0 aliphatic carbocycles. The number of benzene rings is 1. The van der Waals surface area contributed by atoms with Crippen molar-refractivity contribution in [1.29, 1.82) is 0 Å². The molecule has 0 saturated carbocycles. The third-order valence-corrected chi connectivity index (χ3v) is 5.10. The first-order chi connectivity index (χ1) is 14.5. The van der Waals surface area contributed by atoms with Crippen molar-refractivity contribution in [2.75, 3.05) is 25.7 Å². The first-order valence-electron chi connectivity index (χ1n) is 8.90. The highest BCUT2D eigenvalue weighted by atomic mass is 19.4. The molecule has 0 bridgehead atoms. The van der Waals surface area contributed by atoms with Crippen molar-refractivity contribution in [2.24, 2.45) is 4.99 Å². The van der Waals surface area contributed by atoms with Crippen molar-refractivity contribution in [3.8, 4) is 5.75 Å². The summed E-state index contributed by atoms with van der Waals surface area (Å²) in [6.45, 7) is -0.895. The molecule has 1 aliphatic rings. The summed E-state index contributed by atoms with van der Waals surface area (Å²) < 4.78 is 79.6. The maximum absolute atomic E-state index is 14.2. The second kappa shape index (κ2) is 8.17. The fourth-order valence-electron chi connectivity index (χ4n) is 3.46. The highest BCUT2D eigenvalue weighted by Crippen LogP contribution is 2.47. The molecule has 1 saturated heterocycles. The fraction of sp³-hybridized carbons (Fsp3) is 0.368. The van der Waals surface area contributed by atoms with E-state index in [4.69, 9.17) is 9.47 Å². The number of pyridine rings is 1. The number of carbonyl (C=O) groups excluding carboxylic acids is 1. The molecular formula is C19H18F5N3O4. The molecule has 2 heterocycles. The van der Waals surface area contributed by atoms with Crippen LogP contribution >= 0.6 is 0 Å². The molecule has 168 valence electrons. The van der Waals surface area contributed by atoms with Gasteiger partial charge in [0.05, 0.1) is 19.3 Å². The minimum Gasteiger partial charge on any atom is -0.491 e. The number of ether oxygens (including phenoxy) is 2. The number of aromatic nitrogens is 1. The van der Waals surface area contributed by atoms with Gasteiger partial charge in [0.1, 0.15) is 6.04 Å². The van der Waals surface area contributed by atoms with Gasteiger partial charge in [-0.3, -0.25) is 4.79 Å². The Hall–Kier alpha value is -3.15. The van der Waals surface area contributed by atoms with Crippen LogP contribution in [-0.4, -0.2) is 54.4 Å². The van der Waals surface area contributed by atoms with E-state index in [0.29, 0.717) is 10.8 Å². The lowest BCUT2D eigenvalue weighted by atomic mass is 9.99. The minimum atomic E-state index is -4.88. The summed E-state index contributed by atoms with van der Waals surface area (Å²) in [7, 11) is 1.86. The molecule has 12 heteroatoms. The van der Waals surface area contributed by atoms with Crippen molar-refractivity contribution in [3.63, 3.8) is 0 Å². The quantitative estimate of drug-likeness (QED) is 0.576. The van der Waals surface area contributed by atoms with E-state index in [9.17, 15) is 32.0 Å². The van der Waals surface area contributed by atoms with Gasteiger partial charge in [-0.25, -0.2) is 4.39 Å². The van der Waals surface area contributed by atoms with Gasteiger partial charge in [0.2, 0.25) is 5.82 Å². The molecule has 0 spiro atoms. The maximum atomic E-state index is 14.2. The Morgan fingerprint density at radius 2 is 1.94 bits per heavy atom. The topological polar surface area (TPSA) is 76.3 Å². The average molecular weight is 447 g/mol. The van der Waals surface area contributed by atoms with Crippen LogP contribution in [0.25, 0.3) is 0 Å². The normalized spacial score (nSPS) is 22.1. The van der Waals surface area contributed by atoms with Crippen LogP contribution in [0.15, 0.2) is 41.5 Å². The van der Waals surface area contributed by atoms with Gasteiger partial charge in [0.15, 0.2) is 22.7 Å². The molecule has 3 rings (SSSR count). The second-order valence-electron chi connectivity index (χ2n) is 6.81. The van der Waals surface area contributed by atoms with Crippen LogP contribution in [0.3, 0.4) is 0 Å². The number of nitrogens with zero attached hydrogens (tertiary/aromatic N) is 3. The largest absolute Gasteiger partial charge is 0.491 e. The molecule has 1 aromatic heterocycles. The Labute approximate surface area is 172 Å². The van der Waals surface area contributed by atoms with Gasteiger partial charge in [-0.05, 0) is 24.3 Å². The van der Waals surface area contributed by atoms with E-state index in [2.05, 4.69) is 4.99 Å². The number of anilines is 1. The molecule has 1 N–H and O–H groups in total. The number of amides is 1. The van der Waals surface area contributed by atoms with E-state index >= 15 is 0 Å². The van der Waals surface area contributed by atoms with Crippen LogP contribution in [0.5, 0.6) is 5.75 Å². The van der Waals surface area contributed by atoms with Crippen molar-refractivity contribution in [3.05, 3.63) is 53.7 Å². The molecule has 1 fully saturated rings. The zero-order valence-electron chi connectivity index (χ0n) is 16.4. The maximum Gasteiger partial charge on any atom is 0.419 e. The van der Waals surface area contributed by atoms with E-state index in [-0.39, 0.29) is 11.2 Å². The summed E-state index contributed by atoms with van der Waals surface area (Å²) in [5.74, 6) is -4.40. The zero-order valence-corrected chi connectivity index (χ0v) is 16.4. The van der Waals surface area contributed by atoms with Gasteiger partial charge < -0.3 is 19.6 Å². The van der Waals surface area contributed by atoms with Crippen molar-refractivity contribution < 1.29 is 41.4 Å². The first-order valence-corrected chi connectivity index (χ1v) is 8.90. The van der Waals surface area contributed by atoms with Gasteiger partial charge in [-0.1, -0.05) is 6.07 Å². The number of hydrogen-bond donors (Lipinski definition) is 1. The molecule has 0 unspecified atom stereocenters. The number of alkyl halides is 3. The molecule has 1 aromatic carbocycles. The molecule has 1 amide bonds. The Bertz CT molecular complexity index is 1060. The van der Waals surface area contributed by atoms with Gasteiger partial charge in [0.25, 0.3) is 5.91 Å². The summed E-state index contributed by atoms with van der Waals surface area (Å²) in [4.78, 5) is 17.5. The Kier molecular flexibility index (Phi) is 5.94. The third-order valence-electron chi connectivity index (χ3n) is 5.10. The summed E-state index contributed by atoms with van der Waals surface area (Å²) in [6.07, 6.45) is -4.58. The van der Waals surface area contributed by atoms with Crippen molar-refractivity contribution in [1.82, 2.24) is 4.73 Å². The van der Waals surface area contributed by atoms with E-state index in [0.717, 1.165) is 25.2 Å². The Morgan fingerprint density at radius 3 is 2.52 bits per heavy atom. The van der Waals surface area contributed by atoms with Crippen LogP contribution < -0.4 is 15.1 Å². The molecule has 2 atom stereocenters. The number of rotatable bonds is 4. The molecule has 0 radical (unpaired) electrons. The van der Waals surface area contributed by atoms with E-state index in [1.165, 1.54) is 24.4 Å². The van der Waals surface area contributed by atoms with Crippen LogP contribution in [-0.2, 0) is 9.53 Å². The second-order valence-corrected chi connectivity index (χ2v) is 6.81. The fourth-order valence-corrected chi connectivity index (χ4v) is 3.46. The van der Waals surface area contributed by atoms with Crippen molar-refractivity contribution in [2.45, 2.75) is 24.2 Å². The Balaban J connectivity index is 2.15. The molecule has 1 aliphatic heterocycles. The molecule has 7 nitrogen and oxygen atoms in total. The van der Waals surface area contributed by atoms with Gasteiger partial charge >= 0.3 is 6.18 Å². The summed E-state index contributed by atoms with van der Waals surface area (Å²) in [5.41, 5.74) is -3.28. The number of carbonyl (C=O) groups is 1. The highest BCUT2D eigenvalue weighted by molar-refractivity contribution is 5.87. The predicted octanol–water partition coefficient (Wildman–Crippen LogP) is 2.67. The van der Waals surface area contributed by atoms with E-state index < -0.39 is 54.1 Å². The van der Waals surface area contributed by atoms with Gasteiger partial charge in [-0.15, -0.1) is 0 Å². The summed E-state index contributed by atoms with van der Waals surface area (Å²) in [6, 6.07) is 4.32. The molecule has 2 aromatic rings. The van der Waals surface area contributed by atoms with Crippen LogP contribution in [0.4, 0.5) is 27.6 Å². The summed E-state index contributed by atoms with van der Waals surface area (Å²) in [5, 5.41) is 9.75. The lowest BCUT2D eigenvalue weighted by Crippen LogP contribution is -2.49. The third kappa shape index (κ3) is 3.94. The van der Waals surface area contributed by atoms with E-state index in [1.807, 2.05) is 0 Å². The monoisotopic (exact) mass is 447 g/mol. The SMILES string of the molecule is COc1c(N2C[C@@](OC)(C(F)(F)F)C[C@@H]2C(=O)N=c2ccccn2O)ccc(F)c1F. The minimum absolute atomic E-state index is 0.230. The predicted molar refractivity (Wildman–Crippen MR) is 96.6 cm³/mol. The standard InChI is InChI=1S/C19H18F5N3O4/c1-30-16-12(7-6-11(20)15(16)21)26-10-18(31-2,19(22,23)24)9-13(26)17(28)25-14-5-3-4-8-27(14)29/h3-8,13,29H,9-10H2,1-2H3/t13-,18-/m1/s1. The molecular weight excluding hydrogens is 429 g/mol. The lowest BCUT2D eigenvalue weighted by molar-refractivity contribution is -0.261.